The number of anilines is 1. The van der Waals surface area contributed by atoms with E-state index in [-0.39, 0.29) is 18.9 Å². The molecule has 0 bridgehead atoms. The van der Waals surface area contributed by atoms with E-state index in [1.165, 1.54) is 23.0 Å². The average molecular weight is 446 g/mol. The van der Waals surface area contributed by atoms with E-state index in [0.717, 1.165) is 22.3 Å². The topological polar surface area (TPSA) is 88.2 Å². The van der Waals surface area contributed by atoms with Gasteiger partial charge in [0.1, 0.15) is 15.7 Å². The molecule has 1 aliphatic heterocycles. The van der Waals surface area contributed by atoms with Crippen LogP contribution in [0.3, 0.4) is 0 Å². The van der Waals surface area contributed by atoms with Gasteiger partial charge in [0, 0.05) is 36.0 Å². The molecule has 2 heterocycles. The molecule has 0 fully saturated rings. The van der Waals surface area contributed by atoms with Gasteiger partial charge in [-0.3, -0.25) is 4.79 Å². The van der Waals surface area contributed by atoms with E-state index in [1.807, 2.05) is 36.6 Å². The van der Waals surface area contributed by atoms with Crippen molar-refractivity contribution >= 4 is 33.0 Å². The summed E-state index contributed by atoms with van der Waals surface area (Å²) < 4.78 is 42.0. The number of fused-ring (bicyclic) bond motifs is 1. The van der Waals surface area contributed by atoms with Crippen LogP contribution in [0, 0.1) is 12.7 Å². The largest absolute Gasteiger partial charge is 0.326 e. The van der Waals surface area contributed by atoms with Crippen LogP contribution in [0.5, 0.6) is 0 Å². The van der Waals surface area contributed by atoms with E-state index in [9.17, 15) is 17.6 Å². The summed E-state index contributed by atoms with van der Waals surface area (Å²) in [6.07, 6.45) is 1.02. The molecular weight excluding hydrogens is 425 g/mol. The Morgan fingerprint density at radius 1 is 1.20 bits per heavy atom. The number of hydrogen-bond donors (Lipinski definition) is 2. The maximum atomic E-state index is 14.4. The predicted molar refractivity (Wildman–Crippen MR) is 115 cm³/mol. The van der Waals surface area contributed by atoms with Crippen LogP contribution in [-0.2, 0) is 27.7 Å². The Balaban J connectivity index is 1.43. The molecule has 30 heavy (non-hydrogen) atoms. The second-order valence-corrected chi connectivity index (χ2v) is 9.74. The third-order valence-corrected chi connectivity index (χ3v) is 7.28. The number of amides is 1. The van der Waals surface area contributed by atoms with Gasteiger partial charge in [-0.2, -0.15) is 0 Å². The lowest BCUT2D eigenvalue weighted by Crippen LogP contribution is -2.28. The Kier molecular flexibility index (Phi) is 5.68. The summed E-state index contributed by atoms with van der Waals surface area (Å²) >= 11 is 1.50. The van der Waals surface area contributed by atoms with Crippen molar-refractivity contribution in [3.8, 4) is 10.6 Å². The molecule has 156 valence electrons. The van der Waals surface area contributed by atoms with Crippen LogP contribution in [0.15, 0.2) is 46.7 Å². The van der Waals surface area contributed by atoms with Crippen LogP contribution in [0.25, 0.3) is 10.6 Å². The quantitative estimate of drug-likeness (QED) is 0.606. The normalized spacial score (nSPS) is 13.7. The molecule has 0 radical (unpaired) electrons. The number of aromatic nitrogens is 1. The number of sulfonamides is 1. The molecule has 1 aliphatic rings. The van der Waals surface area contributed by atoms with Gasteiger partial charge < -0.3 is 5.32 Å². The summed E-state index contributed by atoms with van der Waals surface area (Å²) in [5.41, 5.74) is 3.89. The minimum absolute atomic E-state index is 0.104. The maximum absolute atomic E-state index is 14.4. The van der Waals surface area contributed by atoms with Gasteiger partial charge in [0.25, 0.3) is 0 Å². The highest BCUT2D eigenvalue weighted by molar-refractivity contribution is 7.89. The second kappa shape index (κ2) is 8.25. The molecule has 0 atom stereocenters. The Morgan fingerprint density at radius 3 is 2.73 bits per heavy atom. The first-order valence-corrected chi connectivity index (χ1v) is 11.8. The monoisotopic (exact) mass is 445 g/mol. The molecule has 0 aliphatic carbocycles. The van der Waals surface area contributed by atoms with Crippen molar-refractivity contribution in [2.24, 2.45) is 0 Å². The number of thiazole rings is 1. The van der Waals surface area contributed by atoms with E-state index in [1.54, 1.807) is 0 Å². The van der Waals surface area contributed by atoms with Crippen molar-refractivity contribution in [2.75, 3.05) is 11.9 Å². The fourth-order valence-electron chi connectivity index (χ4n) is 3.23. The zero-order chi connectivity index (χ0) is 21.3. The van der Waals surface area contributed by atoms with E-state index in [2.05, 4.69) is 15.0 Å². The predicted octanol–water partition coefficient (Wildman–Crippen LogP) is 3.66. The van der Waals surface area contributed by atoms with Gasteiger partial charge in [0.05, 0.1) is 5.69 Å². The van der Waals surface area contributed by atoms with Gasteiger partial charge in [0.2, 0.25) is 15.9 Å². The molecule has 0 saturated heterocycles. The number of carbonyl (C=O) groups excluding carboxylic acids is 1. The van der Waals surface area contributed by atoms with Crippen LogP contribution < -0.4 is 10.0 Å². The summed E-state index contributed by atoms with van der Waals surface area (Å²) in [5, 5.41) is 5.33. The zero-order valence-corrected chi connectivity index (χ0v) is 17.9. The smallest absolute Gasteiger partial charge is 0.243 e. The summed E-state index contributed by atoms with van der Waals surface area (Å²) in [6, 6.07) is 10.4. The van der Waals surface area contributed by atoms with E-state index < -0.39 is 20.7 Å². The first-order valence-electron chi connectivity index (χ1n) is 9.45. The Labute approximate surface area is 178 Å². The fraction of sp³-hybridized carbons (Fsp3) is 0.238. The molecule has 3 aromatic rings. The van der Waals surface area contributed by atoms with E-state index in [4.69, 9.17) is 0 Å². The number of hydrogen-bond acceptors (Lipinski definition) is 5. The molecule has 0 unspecified atom stereocenters. The number of rotatable bonds is 6. The average Bonchev–Trinajstić information content (AvgIpc) is 3.16. The van der Waals surface area contributed by atoms with Gasteiger partial charge >= 0.3 is 0 Å². The minimum Gasteiger partial charge on any atom is -0.326 e. The molecule has 0 spiro atoms. The van der Waals surface area contributed by atoms with Crippen molar-refractivity contribution in [2.45, 2.75) is 31.1 Å². The van der Waals surface area contributed by atoms with Crippen LogP contribution in [0.2, 0.25) is 0 Å². The number of aryl methyl sites for hydroxylation is 2. The lowest BCUT2D eigenvalue weighted by Gasteiger charge is -2.18. The third-order valence-electron chi connectivity index (χ3n) is 4.87. The number of nitrogens with zero attached hydrogens (tertiary/aromatic N) is 1. The van der Waals surface area contributed by atoms with Gasteiger partial charge in [-0.1, -0.05) is 29.8 Å². The van der Waals surface area contributed by atoms with Gasteiger partial charge in [0.15, 0.2) is 0 Å². The molecule has 9 heteroatoms. The van der Waals surface area contributed by atoms with Crippen molar-refractivity contribution in [3.63, 3.8) is 0 Å². The minimum atomic E-state index is -4.02. The second-order valence-electron chi connectivity index (χ2n) is 7.15. The van der Waals surface area contributed by atoms with Crippen molar-refractivity contribution in [3.05, 3.63) is 64.4 Å². The molecule has 4 rings (SSSR count). The maximum Gasteiger partial charge on any atom is 0.243 e. The first kappa shape index (κ1) is 20.6. The number of halogens is 1. The SMILES string of the molecule is Cc1ccc(-c2nc(CCNS(=O)(=O)c3cc4c(cc3F)NC(=O)CC4)cs2)cc1. The molecule has 2 aromatic carbocycles. The fourth-order valence-corrected chi connectivity index (χ4v) is 5.23. The van der Waals surface area contributed by atoms with Gasteiger partial charge in [-0.05, 0) is 31.0 Å². The highest BCUT2D eigenvalue weighted by atomic mass is 32.2. The van der Waals surface area contributed by atoms with Gasteiger partial charge in [-0.15, -0.1) is 11.3 Å². The molecule has 0 saturated carbocycles. The molecule has 2 N–H and O–H groups in total. The summed E-state index contributed by atoms with van der Waals surface area (Å²) in [5.74, 6) is -1.09. The standard InChI is InChI=1S/C21H20FN3O3S2/c1-13-2-4-14(5-3-13)21-24-16(12-29-21)8-9-23-30(27,28)19-10-15-6-7-20(26)25-18(15)11-17(19)22/h2-5,10-12,23H,6-9H2,1H3,(H,25,26). The molecule has 1 amide bonds. The molecular formula is C21H20FN3O3S2. The highest BCUT2D eigenvalue weighted by Gasteiger charge is 2.24. The summed E-state index contributed by atoms with van der Waals surface area (Å²) in [7, 11) is -4.02. The Morgan fingerprint density at radius 2 is 1.97 bits per heavy atom. The van der Waals surface area contributed by atoms with Crippen LogP contribution >= 0.6 is 11.3 Å². The highest BCUT2D eigenvalue weighted by Crippen LogP contribution is 2.28. The van der Waals surface area contributed by atoms with Crippen molar-refractivity contribution in [1.82, 2.24) is 9.71 Å². The van der Waals surface area contributed by atoms with Crippen LogP contribution in [-0.4, -0.2) is 25.9 Å². The number of nitrogens with one attached hydrogen (secondary N) is 2. The summed E-state index contributed by atoms with van der Waals surface area (Å²) in [4.78, 5) is 15.6. The lowest BCUT2D eigenvalue weighted by atomic mass is 10.0. The van der Waals surface area contributed by atoms with Crippen molar-refractivity contribution in [1.29, 1.82) is 0 Å². The Hall–Kier alpha value is -2.62. The molecule has 1 aromatic heterocycles. The zero-order valence-electron chi connectivity index (χ0n) is 16.2. The van der Waals surface area contributed by atoms with Crippen molar-refractivity contribution < 1.29 is 17.6 Å². The number of carbonyl (C=O) groups is 1. The lowest BCUT2D eigenvalue weighted by molar-refractivity contribution is -0.116. The Bertz CT molecular complexity index is 1200. The first-order chi connectivity index (χ1) is 14.3. The van der Waals surface area contributed by atoms with E-state index in [0.29, 0.717) is 24.1 Å². The van der Waals surface area contributed by atoms with Gasteiger partial charge in [-0.25, -0.2) is 22.5 Å². The third kappa shape index (κ3) is 4.43. The summed E-state index contributed by atoms with van der Waals surface area (Å²) in [6.45, 7) is 2.12. The van der Waals surface area contributed by atoms with Crippen LogP contribution in [0.4, 0.5) is 10.1 Å². The molecule has 6 nitrogen and oxygen atoms in total. The number of benzene rings is 2. The van der Waals surface area contributed by atoms with Crippen LogP contribution in [0.1, 0.15) is 23.2 Å². The van der Waals surface area contributed by atoms with E-state index >= 15 is 0 Å².